The summed E-state index contributed by atoms with van der Waals surface area (Å²) in [5.41, 5.74) is 1.87. The number of anilines is 2. The number of carbonyl (C=O) groups is 2. The van der Waals surface area contributed by atoms with Crippen LogP contribution in [-0.2, 0) is 4.79 Å². The summed E-state index contributed by atoms with van der Waals surface area (Å²) < 4.78 is 0. The molecule has 0 bridgehead atoms. The van der Waals surface area contributed by atoms with Crippen molar-refractivity contribution in [2.24, 2.45) is 0 Å². The van der Waals surface area contributed by atoms with Gasteiger partial charge in [0, 0.05) is 76.7 Å². The van der Waals surface area contributed by atoms with E-state index in [1.807, 2.05) is 23.1 Å². The molecule has 3 rings (SSSR count). The van der Waals surface area contributed by atoms with Gasteiger partial charge in [-0.1, -0.05) is 18.2 Å². The summed E-state index contributed by atoms with van der Waals surface area (Å²) in [7, 11) is 3.54. The maximum atomic E-state index is 12.6. The van der Waals surface area contributed by atoms with Gasteiger partial charge in [-0.15, -0.1) is 0 Å². The second kappa shape index (κ2) is 10.6. The minimum absolute atomic E-state index is 0.0799. The number of hydrogen-bond donors (Lipinski definition) is 1. The SMILES string of the molecule is CN(C)c1ccc([N+](=O)[O-])cc1C(=O)NCCCC(=O)N1CCN(c2ccccc2)CC1. The van der Waals surface area contributed by atoms with Crippen LogP contribution in [-0.4, -0.2) is 68.5 Å². The summed E-state index contributed by atoms with van der Waals surface area (Å²) in [5, 5.41) is 13.8. The van der Waals surface area contributed by atoms with Crippen LogP contribution in [0.3, 0.4) is 0 Å². The van der Waals surface area contributed by atoms with Gasteiger partial charge in [-0.3, -0.25) is 19.7 Å². The molecule has 2 amide bonds. The minimum atomic E-state index is -0.521. The van der Waals surface area contributed by atoms with Gasteiger partial charge in [0.05, 0.1) is 10.5 Å². The molecular formula is C23H29N5O4. The van der Waals surface area contributed by atoms with Gasteiger partial charge in [0.25, 0.3) is 11.6 Å². The first-order chi connectivity index (χ1) is 15.4. The van der Waals surface area contributed by atoms with E-state index in [4.69, 9.17) is 0 Å². The third-order valence-electron chi connectivity index (χ3n) is 5.52. The summed E-state index contributed by atoms with van der Waals surface area (Å²) in [6.07, 6.45) is 0.858. The summed E-state index contributed by atoms with van der Waals surface area (Å²) >= 11 is 0. The molecule has 2 aromatic rings. The molecule has 0 atom stereocenters. The Morgan fingerprint density at radius 1 is 1.06 bits per heavy atom. The Hall–Kier alpha value is -3.62. The quantitative estimate of drug-likeness (QED) is 0.386. The van der Waals surface area contributed by atoms with E-state index in [0.717, 1.165) is 13.1 Å². The zero-order valence-electron chi connectivity index (χ0n) is 18.5. The molecule has 1 aliphatic heterocycles. The summed E-state index contributed by atoms with van der Waals surface area (Å²) in [6, 6.07) is 14.4. The van der Waals surface area contributed by atoms with Crippen LogP contribution in [0.4, 0.5) is 17.1 Å². The molecule has 32 heavy (non-hydrogen) atoms. The van der Waals surface area contributed by atoms with Crippen molar-refractivity contribution in [3.8, 4) is 0 Å². The summed E-state index contributed by atoms with van der Waals surface area (Å²) in [4.78, 5) is 41.5. The molecule has 1 fully saturated rings. The number of nitrogens with zero attached hydrogens (tertiary/aromatic N) is 4. The highest BCUT2D eigenvalue weighted by Crippen LogP contribution is 2.24. The Kier molecular flexibility index (Phi) is 7.64. The molecule has 0 unspecified atom stereocenters. The smallest absolute Gasteiger partial charge is 0.270 e. The summed E-state index contributed by atoms with van der Waals surface area (Å²) in [6.45, 7) is 3.28. The van der Waals surface area contributed by atoms with E-state index in [0.29, 0.717) is 38.2 Å². The molecule has 0 spiro atoms. The van der Waals surface area contributed by atoms with Crippen molar-refractivity contribution < 1.29 is 14.5 Å². The number of carbonyl (C=O) groups excluding carboxylic acids is 2. The van der Waals surface area contributed by atoms with Crippen molar-refractivity contribution >= 4 is 28.9 Å². The van der Waals surface area contributed by atoms with E-state index in [2.05, 4.69) is 22.3 Å². The number of piperazine rings is 1. The van der Waals surface area contributed by atoms with Crippen molar-refractivity contribution in [3.05, 3.63) is 64.2 Å². The largest absolute Gasteiger partial charge is 0.377 e. The molecule has 1 heterocycles. The van der Waals surface area contributed by atoms with Gasteiger partial charge in [-0.05, 0) is 24.6 Å². The Balaban J connectivity index is 1.45. The first-order valence-corrected chi connectivity index (χ1v) is 10.7. The van der Waals surface area contributed by atoms with E-state index in [9.17, 15) is 19.7 Å². The summed E-state index contributed by atoms with van der Waals surface area (Å²) in [5.74, 6) is -0.308. The number of nitrogens with one attached hydrogen (secondary N) is 1. The van der Waals surface area contributed by atoms with Crippen LogP contribution in [0.5, 0.6) is 0 Å². The van der Waals surface area contributed by atoms with Crippen LogP contribution in [0.25, 0.3) is 0 Å². The topological polar surface area (TPSA) is 99.0 Å². The molecule has 1 saturated heterocycles. The van der Waals surface area contributed by atoms with Gasteiger partial charge in [0.15, 0.2) is 0 Å². The molecule has 170 valence electrons. The first kappa shape index (κ1) is 23.1. The van der Waals surface area contributed by atoms with Gasteiger partial charge < -0.3 is 20.0 Å². The van der Waals surface area contributed by atoms with Crippen molar-refractivity contribution in [1.29, 1.82) is 0 Å². The van der Waals surface area contributed by atoms with Crippen LogP contribution < -0.4 is 15.1 Å². The number of benzene rings is 2. The molecular weight excluding hydrogens is 410 g/mol. The Bertz CT molecular complexity index is 956. The zero-order chi connectivity index (χ0) is 23.1. The lowest BCUT2D eigenvalue weighted by molar-refractivity contribution is -0.384. The third kappa shape index (κ3) is 5.75. The van der Waals surface area contributed by atoms with E-state index < -0.39 is 4.92 Å². The fourth-order valence-electron chi connectivity index (χ4n) is 3.76. The second-order valence-corrected chi connectivity index (χ2v) is 7.92. The fourth-order valence-corrected chi connectivity index (χ4v) is 3.76. The van der Waals surface area contributed by atoms with Gasteiger partial charge in [-0.2, -0.15) is 0 Å². The van der Waals surface area contributed by atoms with E-state index >= 15 is 0 Å². The van der Waals surface area contributed by atoms with Gasteiger partial charge in [0.2, 0.25) is 5.91 Å². The molecule has 0 saturated carbocycles. The van der Waals surface area contributed by atoms with Crippen molar-refractivity contribution in [1.82, 2.24) is 10.2 Å². The predicted octanol–water partition coefficient (Wildman–Crippen LogP) is 2.52. The van der Waals surface area contributed by atoms with Gasteiger partial charge in [0.1, 0.15) is 0 Å². The highest BCUT2D eigenvalue weighted by molar-refractivity contribution is 6.00. The van der Waals surface area contributed by atoms with Crippen LogP contribution in [0.2, 0.25) is 0 Å². The molecule has 0 aromatic heterocycles. The van der Waals surface area contributed by atoms with Crippen LogP contribution in [0.15, 0.2) is 48.5 Å². The first-order valence-electron chi connectivity index (χ1n) is 10.7. The molecule has 1 aliphatic rings. The van der Waals surface area contributed by atoms with Crippen molar-refractivity contribution in [2.45, 2.75) is 12.8 Å². The average Bonchev–Trinajstić information content (AvgIpc) is 2.81. The fraction of sp³-hybridized carbons (Fsp3) is 0.391. The maximum Gasteiger partial charge on any atom is 0.270 e. The van der Waals surface area contributed by atoms with Crippen molar-refractivity contribution in [3.63, 3.8) is 0 Å². The normalized spacial score (nSPS) is 13.6. The Morgan fingerprint density at radius 3 is 2.38 bits per heavy atom. The average molecular weight is 440 g/mol. The van der Waals surface area contributed by atoms with Gasteiger partial charge >= 0.3 is 0 Å². The zero-order valence-corrected chi connectivity index (χ0v) is 18.5. The van der Waals surface area contributed by atoms with E-state index in [1.165, 1.54) is 17.8 Å². The van der Waals surface area contributed by atoms with E-state index in [-0.39, 0.29) is 23.1 Å². The minimum Gasteiger partial charge on any atom is -0.377 e. The lowest BCUT2D eigenvalue weighted by Gasteiger charge is -2.36. The number of rotatable bonds is 8. The highest BCUT2D eigenvalue weighted by atomic mass is 16.6. The number of hydrogen-bond acceptors (Lipinski definition) is 6. The molecule has 9 nitrogen and oxygen atoms in total. The number of non-ortho nitro benzene ring substituents is 1. The molecule has 2 aromatic carbocycles. The van der Waals surface area contributed by atoms with Crippen molar-refractivity contribution in [2.75, 3.05) is 56.6 Å². The van der Waals surface area contributed by atoms with Crippen LogP contribution in [0, 0.1) is 10.1 Å². The molecule has 0 radical (unpaired) electrons. The lowest BCUT2D eigenvalue weighted by Crippen LogP contribution is -2.48. The van der Waals surface area contributed by atoms with Crippen LogP contribution in [0.1, 0.15) is 23.2 Å². The predicted molar refractivity (Wildman–Crippen MR) is 124 cm³/mol. The standard InChI is InChI=1S/C23H29N5O4/c1-25(2)21-11-10-19(28(31)32)17-20(21)23(30)24-12-6-9-22(29)27-15-13-26(14-16-27)18-7-4-3-5-8-18/h3-5,7-8,10-11,17H,6,9,12-16H2,1-2H3,(H,24,30). The van der Waals surface area contributed by atoms with Gasteiger partial charge in [-0.25, -0.2) is 0 Å². The molecule has 1 N–H and O–H groups in total. The number of nitro groups is 1. The maximum absolute atomic E-state index is 12.6. The highest BCUT2D eigenvalue weighted by Gasteiger charge is 2.21. The number of para-hydroxylation sites is 1. The number of nitro benzene ring substituents is 1. The van der Waals surface area contributed by atoms with E-state index in [1.54, 1.807) is 25.1 Å². The third-order valence-corrected chi connectivity index (χ3v) is 5.52. The molecule has 9 heteroatoms. The monoisotopic (exact) mass is 439 g/mol. The number of amides is 2. The molecule has 0 aliphatic carbocycles. The second-order valence-electron chi connectivity index (χ2n) is 7.92. The van der Waals surface area contributed by atoms with Crippen LogP contribution >= 0.6 is 0 Å². The Morgan fingerprint density at radius 2 is 1.75 bits per heavy atom. The Labute approximate surface area is 187 Å². The lowest BCUT2D eigenvalue weighted by atomic mass is 10.1.